The number of ether oxygens (including phenoxy) is 2. The van der Waals surface area contributed by atoms with E-state index in [-0.39, 0.29) is 11.5 Å². The van der Waals surface area contributed by atoms with Crippen molar-refractivity contribution in [1.82, 2.24) is 10.2 Å². The molecule has 5 nitrogen and oxygen atoms in total. The van der Waals surface area contributed by atoms with Crippen LogP contribution < -0.4 is 10.1 Å². The van der Waals surface area contributed by atoms with E-state index in [9.17, 15) is 4.79 Å². The lowest BCUT2D eigenvalue weighted by molar-refractivity contribution is -0.141. The van der Waals surface area contributed by atoms with Gasteiger partial charge < -0.3 is 19.7 Å². The zero-order valence-corrected chi connectivity index (χ0v) is 17.3. The van der Waals surface area contributed by atoms with Crippen LogP contribution >= 0.6 is 0 Å². The molecule has 1 heterocycles. The molecule has 1 spiro atoms. The van der Waals surface area contributed by atoms with Crippen molar-refractivity contribution < 1.29 is 14.3 Å². The predicted octanol–water partition coefficient (Wildman–Crippen LogP) is 3.51. The fraction of sp³-hybridized carbons (Fsp3) is 0.696. The molecule has 5 heteroatoms. The molecule has 1 amide bonds. The van der Waals surface area contributed by atoms with Crippen LogP contribution in [0.1, 0.15) is 56.9 Å². The van der Waals surface area contributed by atoms with Crippen LogP contribution in [0.3, 0.4) is 0 Å². The summed E-state index contributed by atoms with van der Waals surface area (Å²) in [5.41, 5.74) is 0.883. The van der Waals surface area contributed by atoms with Gasteiger partial charge in [-0.25, -0.2) is 0 Å². The maximum Gasteiger partial charge on any atom is 0.226 e. The van der Waals surface area contributed by atoms with E-state index in [4.69, 9.17) is 9.47 Å². The Balaban J connectivity index is 1.54. The number of hydrogen-bond acceptors (Lipinski definition) is 4. The largest absolute Gasteiger partial charge is 0.485 e. The molecule has 0 atom stereocenters. The molecule has 0 radical (unpaired) electrons. The number of rotatable bonds is 3. The highest BCUT2D eigenvalue weighted by atomic mass is 16.5. The lowest BCUT2D eigenvalue weighted by atomic mass is 9.81. The standard InChI is InChI=1S/C23H34N2O3/c1-24-19-11-13-23(14-12-19)16-25(15-18-5-3-4-6-21(18)28-23)22(26)17-7-9-20(27-2)10-8-17/h3-6,17,19-20,24H,7-16H2,1-2H3. The Kier molecular flexibility index (Phi) is 5.93. The number of nitrogens with zero attached hydrogens (tertiary/aromatic N) is 1. The summed E-state index contributed by atoms with van der Waals surface area (Å²) >= 11 is 0. The summed E-state index contributed by atoms with van der Waals surface area (Å²) in [5, 5.41) is 3.41. The molecule has 0 saturated heterocycles. The third kappa shape index (κ3) is 4.06. The Hall–Kier alpha value is -1.59. The summed E-state index contributed by atoms with van der Waals surface area (Å²) in [5.74, 6) is 1.40. The Labute approximate surface area is 168 Å². The fourth-order valence-electron chi connectivity index (χ4n) is 5.26. The molecular weight excluding hydrogens is 352 g/mol. The summed E-state index contributed by atoms with van der Waals surface area (Å²) in [7, 11) is 3.82. The molecule has 1 aliphatic heterocycles. The number of hydrogen-bond donors (Lipinski definition) is 1. The molecule has 0 bridgehead atoms. The molecule has 2 aliphatic carbocycles. The zero-order valence-electron chi connectivity index (χ0n) is 17.3. The molecule has 1 aromatic rings. The van der Waals surface area contributed by atoms with E-state index in [0.717, 1.165) is 62.7 Å². The van der Waals surface area contributed by atoms with Gasteiger partial charge in [0.2, 0.25) is 5.91 Å². The molecule has 3 aliphatic rings. The third-order valence-electron chi connectivity index (χ3n) is 7.11. The van der Waals surface area contributed by atoms with Crippen molar-refractivity contribution in [3.8, 4) is 5.75 Å². The lowest BCUT2D eigenvalue weighted by Crippen LogP contribution is -2.52. The van der Waals surface area contributed by atoms with E-state index in [0.29, 0.717) is 31.1 Å². The van der Waals surface area contributed by atoms with Crippen LogP contribution in [-0.2, 0) is 16.1 Å². The summed E-state index contributed by atoms with van der Waals surface area (Å²) in [4.78, 5) is 15.6. The van der Waals surface area contributed by atoms with Gasteiger partial charge in [0.15, 0.2) is 0 Å². The van der Waals surface area contributed by atoms with Crippen LogP contribution in [-0.4, -0.2) is 49.3 Å². The number of fused-ring (bicyclic) bond motifs is 1. The number of amides is 1. The first kappa shape index (κ1) is 19.7. The van der Waals surface area contributed by atoms with Gasteiger partial charge >= 0.3 is 0 Å². The minimum atomic E-state index is -0.251. The lowest BCUT2D eigenvalue weighted by Gasteiger charge is -2.42. The van der Waals surface area contributed by atoms with E-state index in [2.05, 4.69) is 22.3 Å². The van der Waals surface area contributed by atoms with Gasteiger partial charge in [0.1, 0.15) is 11.4 Å². The molecule has 28 heavy (non-hydrogen) atoms. The number of methoxy groups -OCH3 is 1. The topological polar surface area (TPSA) is 50.8 Å². The predicted molar refractivity (Wildman–Crippen MR) is 109 cm³/mol. The average Bonchev–Trinajstić information content (AvgIpc) is 2.90. The highest BCUT2D eigenvalue weighted by molar-refractivity contribution is 5.79. The Bertz CT molecular complexity index is 676. The van der Waals surface area contributed by atoms with Gasteiger partial charge in [-0.1, -0.05) is 18.2 Å². The molecular formula is C23H34N2O3. The molecule has 0 unspecified atom stereocenters. The molecule has 154 valence electrons. The summed E-state index contributed by atoms with van der Waals surface area (Å²) in [6.07, 6.45) is 8.35. The zero-order chi connectivity index (χ0) is 19.6. The van der Waals surface area contributed by atoms with Crippen LogP contribution in [0.5, 0.6) is 5.75 Å². The summed E-state index contributed by atoms with van der Waals surface area (Å²) < 4.78 is 12.1. The second-order valence-electron chi connectivity index (χ2n) is 8.86. The van der Waals surface area contributed by atoms with Crippen LogP contribution in [0.25, 0.3) is 0 Å². The van der Waals surface area contributed by atoms with Gasteiger partial charge in [-0.2, -0.15) is 0 Å². The van der Waals surface area contributed by atoms with Crippen LogP contribution in [0.4, 0.5) is 0 Å². The highest BCUT2D eigenvalue weighted by Gasteiger charge is 2.43. The number of benzene rings is 1. The second-order valence-corrected chi connectivity index (χ2v) is 8.86. The monoisotopic (exact) mass is 386 g/mol. The second kappa shape index (κ2) is 8.42. The first-order valence-corrected chi connectivity index (χ1v) is 10.9. The van der Waals surface area contributed by atoms with Crippen molar-refractivity contribution in [3.05, 3.63) is 29.8 Å². The van der Waals surface area contributed by atoms with E-state index < -0.39 is 0 Å². The molecule has 4 rings (SSSR count). The molecule has 1 N–H and O–H groups in total. The van der Waals surface area contributed by atoms with Crippen molar-refractivity contribution in [3.63, 3.8) is 0 Å². The Morgan fingerprint density at radius 1 is 1.14 bits per heavy atom. The minimum Gasteiger partial charge on any atom is -0.485 e. The van der Waals surface area contributed by atoms with Gasteiger partial charge in [0.05, 0.1) is 12.6 Å². The van der Waals surface area contributed by atoms with Crippen molar-refractivity contribution in [2.24, 2.45) is 5.92 Å². The first-order chi connectivity index (χ1) is 13.6. The molecule has 1 aromatic carbocycles. The maximum atomic E-state index is 13.5. The summed E-state index contributed by atoms with van der Waals surface area (Å²) in [6.45, 7) is 1.37. The SMILES string of the molecule is CNC1CCC2(CC1)CN(C(=O)C1CCC(OC)CC1)Cc1ccccc1O2. The van der Waals surface area contributed by atoms with E-state index >= 15 is 0 Å². The minimum absolute atomic E-state index is 0.127. The van der Waals surface area contributed by atoms with Crippen molar-refractivity contribution in [1.29, 1.82) is 0 Å². The third-order valence-corrected chi connectivity index (χ3v) is 7.11. The number of nitrogens with one attached hydrogen (secondary N) is 1. The van der Waals surface area contributed by atoms with Crippen LogP contribution in [0.2, 0.25) is 0 Å². The smallest absolute Gasteiger partial charge is 0.226 e. The maximum absolute atomic E-state index is 13.5. The van der Waals surface area contributed by atoms with Gasteiger partial charge in [0.25, 0.3) is 0 Å². The van der Waals surface area contributed by atoms with Crippen LogP contribution in [0, 0.1) is 5.92 Å². The van der Waals surface area contributed by atoms with Gasteiger partial charge in [-0.05, 0) is 64.5 Å². The fourth-order valence-corrected chi connectivity index (χ4v) is 5.26. The van der Waals surface area contributed by atoms with Gasteiger partial charge in [0, 0.05) is 31.2 Å². The molecule has 2 saturated carbocycles. The highest BCUT2D eigenvalue weighted by Crippen LogP contribution is 2.39. The Morgan fingerprint density at radius 3 is 2.54 bits per heavy atom. The Morgan fingerprint density at radius 2 is 1.86 bits per heavy atom. The quantitative estimate of drug-likeness (QED) is 0.864. The average molecular weight is 387 g/mol. The van der Waals surface area contributed by atoms with Crippen molar-refractivity contribution in [2.75, 3.05) is 20.7 Å². The number of carbonyl (C=O) groups is 1. The normalized spacial score (nSPS) is 33.1. The first-order valence-electron chi connectivity index (χ1n) is 10.9. The van der Waals surface area contributed by atoms with Crippen molar-refractivity contribution in [2.45, 2.75) is 75.7 Å². The van der Waals surface area contributed by atoms with E-state index in [1.54, 1.807) is 7.11 Å². The number of carbonyl (C=O) groups excluding carboxylic acids is 1. The van der Waals surface area contributed by atoms with Crippen molar-refractivity contribution >= 4 is 5.91 Å². The molecule has 2 fully saturated rings. The van der Waals surface area contributed by atoms with E-state index in [1.807, 2.05) is 19.2 Å². The van der Waals surface area contributed by atoms with Gasteiger partial charge in [-0.15, -0.1) is 0 Å². The van der Waals surface area contributed by atoms with Crippen LogP contribution in [0.15, 0.2) is 24.3 Å². The summed E-state index contributed by atoms with van der Waals surface area (Å²) in [6, 6.07) is 8.82. The van der Waals surface area contributed by atoms with E-state index in [1.165, 1.54) is 0 Å². The number of para-hydroxylation sites is 1. The molecule has 0 aromatic heterocycles. The van der Waals surface area contributed by atoms with Gasteiger partial charge in [-0.3, -0.25) is 4.79 Å².